The molecule has 0 saturated heterocycles. The van der Waals surface area contributed by atoms with Crippen molar-refractivity contribution in [2.45, 2.75) is 6.92 Å². The number of benzene rings is 1. The van der Waals surface area contributed by atoms with Crippen molar-refractivity contribution in [1.29, 1.82) is 0 Å². The molecule has 2 aromatic heterocycles. The van der Waals surface area contributed by atoms with Gasteiger partial charge in [-0.3, -0.25) is 4.79 Å². The van der Waals surface area contributed by atoms with Gasteiger partial charge in [0.2, 0.25) is 0 Å². The smallest absolute Gasteiger partial charge is 0.292 e. The molecule has 0 fully saturated rings. The number of nitrogens with zero attached hydrogens (tertiary/aromatic N) is 1. The number of para-hydroxylation sites is 1. The van der Waals surface area contributed by atoms with E-state index in [0.717, 1.165) is 15.4 Å². The topological polar surface area (TPSA) is 55.1 Å². The summed E-state index contributed by atoms with van der Waals surface area (Å²) in [5.74, 6) is 0.458. The Morgan fingerprint density at radius 2 is 2.10 bits per heavy atom. The number of aryl methyl sites for hydroxylation is 1. The molecular weight excluding hydrogens is 320 g/mol. The molecule has 0 atom stereocenters. The van der Waals surface area contributed by atoms with Gasteiger partial charge in [0.25, 0.3) is 5.91 Å². The number of hydrogen-bond acceptors (Lipinski definition) is 3. The molecule has 4 nitrogen and oxygen atoms in total. The highest BCUT2D eigenvalue weighted by atomic mass is 79.9. The Bertz CT molecular complexity index is 762. The van der Waals surface area contributed by atoms with E-state index in [2.05, 4.69) is 26.2 Å². The van der Waals surface area contributed by atoms with Gasteiger partial charge in [0, 0.05) is 16.1 Å². The first-order valence-corrected chi connectivity index (χ1v) is 6.85. The van der Waals surface area contributed by atoms with Crippen LogP contribution in [0.2, 0.25) is 0 Å². The van der Waals surface area contributed by atoms with Gasteiger partial charge in [-0.05, 0) is 46.6 Å². The number of aromatic nitrogens is 1. The van der Waals surface area contributed by atoms with E-state index in [9.17, 15) is 4.79 Å². The maximum atomic E-state index is 12.1. The highest BCUT2D eigenvalue weighted by molar-refractivity contribution is 9.10. The van der Waals surface area contributed by atoms with E-state index >= 15 is 0 Å². The van der Waals surface area contributed by atoms with E-state index in [4.69, 9.17) is 4.42 Å². The van der Waals surface area contributed by atoms with E-state index in [0.29, 0.717) is 11.4 Å². The normalized spacial score (nSPS) is 10.7. The average molecular weight is 331 g/mol. The quantitative estimate of drug-likeness (QED) is 0.767. The SMILES string of the molecule is Cc1cc(NC(=O)c2cc3ccccc3o2)ncc1Br. The lowest BCUT2D eigenvalue weighted by Crippen LogP contribution is -2.12. The standard InChI is InChI=1S/C15H11BrN2O2/c1-9-6-14(17-8-11(9)16)18-15(19)13-7-10-4-2-3-5-12(10)20-13/h2-8H,1H3,(H,17,18,19). The highest BCUT2D eigenvalue weighted by Gasteiger charge is 2.13. The maximum Gasteiger partial charge on any atom is 0.292 e. The third-order valence-electron chi connectivity index (χ3n) is 2.94. The van der Waals surface area contributed by atoms with Gasteiger partial charge in [-0.25, -0.2) is 4.98 Å². The summed E-state index contributed by atoms with van der Waals surface area (Å²) in [4.78, 5) is 16.3. The lowest BCUT2D eigenvalue weighted by molar-refractivity contribution is 0.0998. The van der Waals surface area contributed by atoms with Crippen LogP contribution in [0.5, 0.6) is 0 Å². The molecule has 0 aliphatic rings. The van der Waals surface area contributed by atoms with Crippen molar-refractivity contribution in [1.82, 2.24) is 4.98 Å². The van der Waals surface area contributed by atoms with Gasteiger partial charge in [-0.15, -0.1) is 0 Å². The second-order valence-electron chi connectivity index (χ2n) is 4.42. The van der Waals surface area contributed by atoms with Gasteiger partial charge < -0.3 is 9.73 Å². The van der Waals surface area contributed by atoms with Crippen molar-refractivity contribution in [3.63, 3.8) is 0 Å². The number of carbonyl (C=O) groups is 1. The molecule has 0 aliphatic heterocycles. The van der Waals surface area contributed by atoms with Crippen molar-refractivity contribution in [2.75, 3.05) is 5.32 Å². The second kappa shape index (κ2) is 5.09. The third kappa shape index (κ3) is 2.44. The van der Waals surface area contributed by atoms with Crippen LogP contribution in [0.1, 0.15) is 16.1 Å². The largest absolute Gasteiger partial charge is 0.451 e. The molecule has 0 unspecified atom stereocenters. The van der Waals surface area contributed by atoms with Gasteiger partial charge >= 0.3 is 0 Å². The third-order valence-corrected chi connectivity index (χ3v) is 3.77. The van der Waals surface area contributed by atoms with Crippen LogP contribution in [-0.2, 0) is 0 Å². The first-order valence-electron chi connectivity index (χ1n) is 6.05. The van der Waals surface area contributed by atoms with Crippen LogP contribution in [0.15, 0.2) is 51.5 Å². The summed E-state index contributed by atoms with van der Waals surface area (Å²) in [5, 5.41) is 3.62. The lowest BCUT2D eigenvalue weighted by Gasteiger charge is -2.04. The number of rotatable bonds is 2. The molecule has 0 aliphatic carbocycles. The molecule has 1 amide bonds. The minimum Gasteiger partial charge on any atom is -0.451 e. The zero-order chi connectivity index (χ0) is 14.1. The fourth-order valence-electron chi connectivity index (χ4n) is 1.88. The zero-order valence-corrected chi connectivity index (χ0v) is 12.3. The summed E-state index contributed by atoms with van der Waals surface area (Å²) >= 11 is 3.37. The number of anilines is 1. The minimum atomic E-state index is -0.310. The molecule has 3 rings (SSSR count). The molecule has 0 bridgehead atoms. The van der Waals surface area contributed by atoms with Gasteiger partial charge in [-0.2, -0.15) is 0 Å². The van der Waals surface area contributed by atoms with E-state index in [1.165, 1.54) is 0 Å². The predicted molar refractivity (Wildman–Crippen MR) is 80.8 cm³/mol. The Hall–Kier alpha value is -2.14. The number of pyridine rings is 1. The number of amides is 1. The summed E-state index contributed by atoms with van der Waals surface area (Å²) in [6.45, 7) is 1.93. The summed E-state index contributed by atoms with van der Waals surface area (Å²) < 4.78 is 6.41. The summed E-state index contributed by atoms with van der Waals surface area (Å²) in [6, 6.07) is 11.0. The first kappa shape index (κ1) is 12.9. The number of fused-ring (bicyclic) bond motifs is 1. The van der Waals surface area contributed by atoms with Gasteiger partial charge in [0.15, 0.2) is 5.76 Å². The molecule has 0 saturated carbocycles. The molecule has 100 valence electrons. The molecular formula is C15H11BrN2O2. The Morgan fingerprint density at radius 3 is 2.85 bits per heavy atom. The van der Waals surface area contributed by atoms with Crippen LogP contribution in [0.4, 0.5) is 5.82 Å². The van der Waals surface area contributed by atoms with Gasteiger partial charge in [0.1, 0.15) is 11.4 Å². The van der Waals surface area contributed by atoms with Gasteiger partial charge in [0.05, 0.1) is 0 Å². The van der Waals surface area contributed by atoms with Crippen LogP contribution in [0.25, 0.3) is 11.0 Å². The van der Waals surface area contributed by atoms with Crippen LogP contribution in [0.3, 0.4) is 0 Å². The average Bonchev–Trinajstić information content (AvgIpc) is 2.87. The Balaban J connectivity index is 1.86. The molecule has 2 heterocycles. The van der Waals surface area contributed by atoms with E-state index < -0.39 is 0 Å². The van der Waals surface area contributed by atoms with Crippen LogP contribution in [0, 0.1) is 6.92 Å². The lowest BCUT2D eigenvalue weighted by atomic mass is 10.2. The van der Waals surface area contributed by atoms with Crippen molar-refractivity contribution in [3.05, 3.63) is 58.4 Å². The van der Waals surface area contributed by atoms with Crippen molar-refractivity contribution in [3.8, 4) is 0 Å². The Kier molecular flexibility index (Phi) is 3.28. The molecule has 20 heavy (non-hydrogen) atoms. The highest BCUT2D eigenvalue weighted by Crippen LogP contribution is 2.21. The van der Waals surface area contributed by atoms with Crippen LogP contribution in [-0.4, -0.2) is 10.9 Å². The zero-order valence-electron chi connectivity index (χ0n) is 10.7. The molecule has 1 aromatic carbocycles. The first-order chi connectivity index (χ1) is 9.63. The predicted octanol–water partition coefficient (Wildman–Crippen LogP) is 4.15. The molecule has 3 aromatic rings. The fraction of sp³-hybridized carbons (Fsp3) is 0.0667. The molecule has 1 N–H and O–H groups in total. The van der Waals surface area contributed by atoms with E-state index in [1.807, 2.05) is 31.2 Å². The molecule has 0 radical (unpaired) electrons. The summed E-state index contributed by atoms with van der Waals surface area (Å²) in [7, 11) is 0. The van der Waals surface area contributed by atoms with E-state index in [1.54, 1.807) is 18.3 Å². The van der Waals surface area contributed by atoms with Crippen LogP contribution >= 0.6 is 15.9 Å². The number of carbonyl (C=O) groups excluding carboxylic acids is 1. The molecule has 0 spiro atoms. The second-order valence-corrected chi connectivity index (χ2v) is 5.28. The van der Waals surface area contributed by atoms with Crippen molar-refractivity contribution in [2.24, 2.45) is 0 Å². The minimum absolute atomic E-state index is 0.272. The molecule has 5 heteroatoms. The van der Waals surface area contributed by atoms with Crippen LogP contribution < -0.4 is 5.32 Å². The monoisotopic (exact) mass is 330 g/mol. The summed E-state index contributed by atoms with van der Waals surface area (Å²) in [6.07, 6.45) is 1.66. The number of nitrogens with one attached hydrogen (secondary N) is 1. The number of halogens is 1. The Labute approximate surface area is 123 Å². The maximum absolute atomic E-state index is 12.1. The number of hydrogen-bond donors (Lipinski definition) is 1. The number of furan rings is 1. The van der Waals surface area contributed by atoms with E-state index in [-0.39, 0.29) is 11.7 Å². The van der Waals surface area contributed by atoms with Crippen molar-refractivity contribution >= 4 is 38.6 Å². The van der Waals surface area contributed by atoms with Crippen molar-refractivity contribution < 1.29 is 9.21 Å². The Morgan fingerprint density at radius 1 is 1.30 bits per heavy atom. The fourth-order valence-corrected chi connectivity index (χ4v) is 2.10. The summed E-state index contributed by atoms with van der Waals surface area (Å²) in [5.41, 5.74) is 1.69. The van der Waals surface area contributed by atoms with Gasteiger partial charge in [-0.1, -0.05) is 18.2 Å².